The summed E-state index contributed by atoms with van der Waals surface area (Å²) in [6.45, 7) is 0. The molecule has 0 saturated heterocycles. The fourth-order valence-corrected chi connectivity index (χ4v) is 4.63. The molecule has 0 amide bonds. The van der Waals surface area contributed by atoms with E-state index >= 15 is 0 Å². The van der Waals surface area contributed by atoms with Gasteiger partial charge in [-0.3, -0.25) is 0 Å². The predicted octanol–water partition coefficient (Wildman–Crippen LogP) is 2.80. The molecule has 0 unspecified atom stereocenters. The molecule has 3 rings (SSSR count). The van der Waals surface area contributed by atoms with Gasteiger partial charge >= 0.3 is 0 Å². The lowest BCUT2D eigenvalue weighted by Crippen LogP contribution is -2.15. The van der Waals surface area contributed by atoms with E-state index in [4.69, 9.17) is 0 Å². The van der Waals surface area contributed by atoms with Gasteiger partial charge in [0.25, 0.3) is 0 Å². The van der Waals surface area contributed by atoms with Crippen molar-refractivity contribution in [2.75, 3.05) is 0 Å². The van der Waals surface area contributed by atoms with Crippen molar-refractivity contribution in [3.8, 4) is 0 Å². The van der Waals surface area contributed by atoms with E-state index in [1.807, 2.05) is 12.5 Å². The highest BCUT2D eigenvalue weighted by molar-refractivity contribution is 6.37. The number of hydrogen-bond acceptors (Lipinski definition) is 1. The fourth-order valence-electron chi connectivity index (χ4n) is 2.59. The summed E-state index contributed by atoms with van der Waals surface area (Å²) in [5.41, 5.74) is 3.44. The molecule has 3 heteroatoms. The number of benzene rings is 2. The van der Waals surface area contributed by atoms with E-state index in [0.717, 1.165) is 6.17 Å². The molecule has 100 valence electrons. The number of aromatic nitrogens is 2. The zero-order valence-electron chi connectivity index (χ0n) is 11.4. The molecule has 2 nitrogen and oxygen atoms in total. The van der Waals surface area contributed by atoms with Gasteiger partial charge in [0.05, 0.1) is 15.8 Å². The Hall–Kier alpha value is -2.13. The molecular weight excluding hydrogens is 260 g/mol. The van der Waals surface area contributed by atoms with Crippen LogP contribution >= 0.6 is 0 Å². The molecule has 0 saturated carbocycles. The molecule has 0 radical (unpaired) electrons. The van der Waals surface area contributed by atoms with Gasteiger partial charge in [-0.15, -0.1) is 0 Å². The van der Waals surface area contributed by atoms with Crippen molar-refractivity contribution in [3.63, 3.8) is 0 Å². The Bertz CT molecular complexity index is 581. The predicted molar refractivity (Wildman–Crippen MR) is 85.5 cm³/mol. The summed E-state index contributed by atoms with van der Waals surface area (Å²) >= 11 is 0. The fraction of sp³-hybridized carbons (Fsp3) is 0.118. The Labute approximate surface area is 121 Å². The second-order valence-corrected chi connectivity index (χ2v) is 6.80. The van der Waals surface area contributed by atoms with Crippen LogP contribution in [0.3, 0.4) is 0 Å². The third-order valence-corrected chi connectivity index (χ3v) is 5.93. The first-order valence-corrected chi connectivity index (χ1v) is 8.81. The Balaban J connectivity index is 1.84. The number of rotatable bonds is 5. The zero-order chi connectivity index (χ0) is 13.6. The maximum atomic E-state index is 4.13. The van der Waals surface area contributed by atoms with Gasteiger partial charge in [0.1, 0.15) is 0 Å². The summed E-state index contributed by atoms with van der Waals surface area (Å²) in [7, 11) is -0.317. The van der Waals surface area contributed by atoms with Gasteiger partial charge < -0.3 is 4.57 Å². The molecule has 20 heavy (non-hydrogen) atoms. The molecule has 0 aliphatic carbocycles. The molecule has 0 bridgehead atoms. The summed E-state index contributed by atoms with van der Waals surface area (Å²) < 4.78 is 2.20. The van der Waals surface area contributed by atoms with Crippen LogP contribution in [0.15, 0.2) is 79.4 Å². The maximum Gasteiger partial charge on any atom is 0.0942 e. The van der Waals surface area contributed by atoms with Crippen molar-refractivity contribution in [3.05, 3.63) is 90.5 Å². The van der Waals surface area contributed by atoms with Crippen LogP contribution < -0.4 is 0 Å². The minimum absolute atomic E-state index is 0.317. The molecule has 0 spiro atoms. The van der Waals surface area contributed by atoms with Crippen LogP contribution in [0.5, 0.6) is 0 Å². The van der Waals surface area contributed by atoms with Crippen molar-refractivity contribution >= 4 is 9.52 Å². The largest absolute Gasteiger partial charge is 0.341 e. The van der Waals surface area contributed by atoms with Gasteiger partial charge in [-0.05, 0) is 16.7 Å². The smallest absolute Gasteiger partial charge is 0.0942 e. The SMILES string of the molecule is c1ccc(C([SiH2]Cn2ccnc2)c2ccccc2)cc1. The molecule has 0 aliphatic heterocycles. The second kappa shape index (κ2) is 6.35. The minimum atomic E-state index is -0.317. The highest BCUT2D eigenvalue weighted by Crippen LogP contribution is 2.23. The average Bonchev–Trinajstić information content (AvgIpc) is 3.03. The lowest BCUT2D eigenvalue weighted by Gasteiger charge is -2.17. The van der Waals surface area contributed by atoms with E-state index in [-0.39, 0.29) is 9.52 Å². The van der Waals surface area contributed by atoms with Gasteiger partial charge in [0, 0.05) is 18.6 Å². The maximum absolute atomic E-state index is 4.13. The third-order valence-electron chi connectivity index (χ3n) is 3.64. The van der Waals surface area contributed by atoms with Crippen LogP contribution in [-0.2, 0) is 6.17 Å². The van der Waals surface area contributed by atoms with Crippen LogP contribution in [0.2, 0.25) is 0 Å². The van der Waals surface area contributed by atoms with Crippen LogP contribution in [0.4, 0.5) is 0 Å². The van der Waals surface area contributed by atoms with Crippen molar-refractivity contribution in [1.82, 2.24) is 9.55 Å². The highest BCUT2D eigenvalue weighted by atomic mass is 28.2. The molecule has 1 heterocycles. The molecule has 3 aromatic rings. The Morgan fingerprint density at radius 3 is 2.00 bits per heavy atom. The summed E-state index contributed by atoms with van der Waals surface area (Å²) in [6, 6.07) is 21.7. The van der Waals surface area contributed by atoms with Gasteiger partial charge in [0.2, 0.25) is 0 Å². The first kappa shape index (κ1) is 12.9. The molecule has 0 aliphatic rings. The summed E-state index contributed by atoms with van der Waals surface area (Å²) in [4.78, 5) is 4.13. The Morgan fingerprint density at radius 2 is 1.50 bits per heavy atom. The molecule has 2 aromatic carbocycles. The summed E-state index contributed by atoms with van der Waals surface area (Å²) in [6.07, 6.45) is 6.95. The van der Waals surface area contributed by atoms with Crippen molar-refractivity contribution < 1.29 is 0 Å². The standard InChI is InChI=1S/C17H18N2Si/c1-3-7-15(8-4-1)17(16-9-5-2-6-10-16)20-14-19-12-11-18-13-19/h1-13,17H,14,20H2. The van der Waals surface area contributed by atoms with Gasteiger partial charge in [0.15, 0.2) is 0 Å². The van der Waals surface area contributed by atoms with Crippen LogP contribution in [0.1, 0.15) is 16.7 Å². The molecule has 0 fully saturated rings. The first-order chi connectivity index (χ1) is 9.93. The van der Waals surface area contributed by atoms with Gasteiger partial charge in [-0.25, -0.2) is 4.98 Å². The summed E-state index contributed by atoms with van der Waals surface area (Å²) in [5, 5.41) is 0. The molecule has 0 N–H and O–H groups in total. The highest BCUT2D eigenvalue weighted by Gasteiger charge is 2.14. The number of nitrogens with zero attached hydrogens (tertiary/aromatic N) is 2. The quantitative estimate of drug-likeness (QED) is 0.656. The average molecular weight is 278 g/mol. The van der Waals surface area contributed by atoms with E-state index < -0.39 is 0 Å². The lowest BCUT2D eigenvalue weighted by atomic mass is 10.0. The normalized spacial score (nSPS) is 11.4. The van der Waals surface area contributed by atoms with Crippen molar-refractivity contribution in [2.24, 2.45) is 0 Å². The van der Waals surface area contributed by atoms with E-state index in [0.29, 0.717) is 5.54 Å². The topological polar surface area (TPSA) is 17.8 Å². The molecule has 0 atom stereocenters. The molecule has 1 aromatic heterocycles. The van der Waals surface area contributed by atoms with Gasteiger partial charge in [-0.1, -0.05) is 60.7 Å². The Morgan fingerprint density at radius 1 is 0.900 bits per heavy atom. The van der Waals surface area contributed by atoms with Crippen LogP contribution in [0, 0.1) is 0 Å². The lowest BCUT2D eigenvalue weighted by molar-refractivity contribution is 0.858. The first-order valence-electron chi connectivity index (χ1n) is 6.99. The van der Waals surface area contributed by atoms with E-state index in [1.165, 1.54) is 11.1 Å². The van der Waals surface area contributed by atoms with E-state index in [1.54, 1.807) is 0 Å². The van der Waals surface area contributed by atoms with Crippen molar-refractivity contribution in [2.45, 2.75) is 11.7 Å². The minimum Gasteiger partial charge on any atom is -0.341 e. The van der Waals surface area contributed by atoms with Crippen LogP contribution in [-0.4, -0.2) is 19.1 Å². The summed E-state index contributed by atoms with van der Waals surface area (Å²) in [5.74, 6) is 0. The van der Waals surface area contributed by atoms with E-state index in [9.17, 15) is 0 Å². The number of imidazole rings is 1. The molecular formula is C17H18N2Si. The van der Waals surface area contributed by atoms with Crippen molar-refractivity contribution in [1.29, 1.82) is 0 Å². The van der Waals surface area contributed by atoms with E-state index in [2.05, 4.69) is 76.4 Å². The third kappa shape index (κ3) is 3.06. The van der Waals surface area contributed by atoms with Crippen LogP contribution in [0.25, 0.3) is 0 Å². The number of hydrogen-bond donors (Lipinski definition) is 0. The van der Waals surface area contributed by atoms with Gasteiger partial charge in [-0.2, -0.15) is 0 Å². The zero-order valence-corrected chi connectivity index (χ0v) is 12.8. The monoisotopic (exact) mass is 278 g/mol. The Kier molecular flexibility index (Phi) is 4.09. The second-order valence-electron chi connectivity index (χ2n) is 4.96.